The van der Waals surface area contributed by atoms with Gasteiger partial charge >= 0.3 is 0 Å². The molecule has 0 atom stereocenters. The van der Waals surface area contributed by atoms with E-state index in [1.165, 1.54) is 11.3 Å². The topological polar surface area (TPSA) is 64.1 Å². The Bertz CT molecular complexity index is 1170. The average Bonchev–Trinajstić information content (AvgIpc) is 3.35. The fourth-order valence-corrected chi connectivity index (χ4v) is 4.00. The number of imidazole rings is 1. The van der Waals surface area contributed by atoms with Crippen LogP contribution in [0.5, 0.6) is 0 Å². The monoisotopic (exact) mass is 387 g/mol. The van der Waals surface area contributed by atoms with Gasteiger partial charge in [-0.3, -0.25) is 9.67 Å². The van der Waals surface area contributed by atoms with Crippen molar-refractivity contribution in [2.24, 2.45) is 5.92 Å². The summed E-state index contributed by atoms with van der Waals surface area (Å²) in [6, 6.07) is 4.35. The molecule has 0 saturated carbocycles. The Kier molecular flexibility index (Phi) is 4.30. The van der Waals surface area contributed by atoms with Crippen LogP contribution < -0.4 is 4.90 Å². The number of fused-ring (bicyclic) bond motifs is 2. The second kappa shape index (κ2) is 6.99. The largest absolute Gasteiger partial charge is 0.350 e. The molecule has 0 bridgehead atoms. The molecule has 0 radical (unpaired) electrons. The molecule has 0 N–H and O–H groups in total. The molecule has 1 aliphatic heterocycles. The van der Waals surface area contributed by atoms with Crippen molar-refractivity contribution in [1.29, 1.82) is 0 Å². The van der Waals surface area contributed by atoms with E-state index in [0.717, 1.165) is 54.2 Å². The number of anilines is 1. The van der Waals surface area contributed by atoms with Gasteiger partial charge < -0.3 is 4.90 Å². The number of hydrogen-bond donors (Lipinski definition) is 0. The van der Waals surface area contributed by atoms with Gasteiger partial charge in [0, 0.05) is 67.7 Å². The van der Waals surface area contributed by atoms with E-state index in [0.29, 0.717) is 5.92 Å². The molecular formula is C22H25N7. The van der Waals surface area contributed by atoms with Gasteiger partial charge in [-0.1, -0.05) is 13.8 Å². The molecule has 4 aromatic heterocycles. The molecule has 148 valence electrons. The highest BCUT2D eigenvalue weighted by molar-refractivity contribution is 5.63. The number of aromatic nitrogens is 6. The van der Waals surface area contributed by atoms with Gasteiger partial charge in [0.2, 0.25) is 0 Å². The lowest BCUT2D eigenvalue weighted by molar-refractivity contribution is 0.483. The second-order valence-corrected chi connectivity index (χ2v) is 8.23. The Labute approximate surface area is 170 Å². The first-order valence-corrected chi connectivity index (χ1v) is 10.1. The lowest BCUT2D eigenvalue weighted by atomic mass is 10.0. The fourth-order valence-electron chi connectivity index (χ4n) is 4.00. The molecule has 0 saturated heterocycles. The van der Waals surface area contributed by atoms with Crippen molar-refractivity contribution >= 4 is 11.5 Å². The highest BCUT2D eigenvalue weighted by Gasteiger charge is 2.21. The predicted molar refractivity (Wildman–Crippen MR) is 113 cm³/mol. The second-order valence-electron chi connectivity index (χ2n) is 8.23. The van der Waals surface area contributed by atoms with Gasteiger partial charge in [0.05, 0.1) is 6.20 Å². The highest BCUT2D eigenvalue weighted by atomic mass is 15.3. The summed E-state index contributed by atoms with van der Waals surface area (Å²) in [7, 11) is 0. The minimum Gasteiger partial charge on any atom is -0.350 e. The van der Waals surface area contributed by atoms with Crippen molar-refractivity contribution in [3.63, 3.8) is 0 Å². The molecule has 0 fully saturated rings. The molecule has 7 heteroatoms. The van der Waals surface area contributed by atoms with Crippen molar-refractivity contribution < 1.29 is 0 Å². The molecular weight excluding hydrogens is 362 g/mol. The number of hydrogen-bond acceptors (Lipinski definition) is 5. The molecule has 29 heavy (non-hydrogen) atoms. The van der Waals surface area contributed by atoms with Crippen molar-refractivity contribution in [3.8, 4) is 11.1 Å². The zero-order valence-electron chi connectivity index (χ0n) is 17.1. The van der Waals surface area contributed by atoms with Gasteiger partial charge in [-0.15, -0.1) is 5.10 Å². The van der Waals surface area contributed by atoms with Crippen LogP contribution in [0.4, 0.5) is 5.82 Å². The third kappa shape index (κ3) is 3.37. The van der Waals surface area contributed by atoms with E-state index < -0.39 is 0 Å². The van der Waals surface area contributed by atoms with Gasteiger partial charge in [-0.05, 0) is 36.1 Å². The smallest absolute Gasteiger partial charge is 0.153 e. The van der Waals surface area contributed by atoms with E-state index in [9.17, 15) is 0 Å². The van der Waals surface area contributed by atoms with Crippen LogP contribution in [-0.2, 0) is 19.5 Å². The van der Waals surface area contributed by atoms with E-state index in [-0.39, 0.29) is 0 Å². The number of rotatable bonds is 4. The highest BCUT2D eigenvalue weighted by Crippen LogP contribution is 2.28. The Morgan fingerprint density at radius 1 is 1.10 bits per heavy atom. The van der Waals surface area contributed by atoms with Crippen LogP contribution in [-0.4, -0.2) is 35.9 Å². The van der Waals surface area contributed by atoms with Gasteiger partial charge in [-0.2, -0.15) is 5.10 Å². The maximum Gasteiger partial charge on any atom is 0.153 e. The van der Waals surface area contributed by atoms with E-state index >= 15 is 0 Å². The Balaban J connectivity index is 1.44. The summed E-state index contributed by atoms with van der Waals surface area (Å²) in [4.78, 5) is 11.4. The summed E-state index contributed by atoms with van der Waals surface area (Å²) in [6.45, 7) is 9.16. The van der Waals surface area contributed by atoms with Crippen LogP contribution in [0.15, 0.2) is 43.1 Å². The molecule has 5 rings (SSSR count). The van der Waals surface area contributed by atoms with Crippen LogP contribution >= 0.6 is 0 Å². The zero-order valence-corrected chi connectivity index (χ0v) is 17.1. The molecule has 0 aromatic carbocycles. The summed E-state index contributed by atoms with van der Waals surface area (Å²) < 4.78 is 3.86. The van der Waals surface area contributed by atoms with Crippen LogP contribution in [0, 0.1) is 12.8 Å². The van der Waals surface area contributed by atoms with Gasteiger partial charge in [0.15, 0.2) is 11.5 Å². The molecule has 5 heterocycles. The Morgan fingerprint density at radius 3 is 2.86 bits per heavy atom. The van der Waals surface area contributed by atoms with Gasteiger partial charge in [-0.25, -0.2) is 9.50 Å². The minimum atomic E-state index is 0.571. The minimum absolute atomic E-state index is 0.571. The first kappa shape index (κ1) is 17.8. The predicted octanol–water partition coefficient (Wildman–Crippen LogP) is 3.51. The summed E-state index contributed by atoms with van der Waals surface area (Å²) in [5, 5.41) is 9.29. The van der Waals surface area contributed by atoms with Crippen molar-refractivity contribution in [2.75, 3.05) is 11.4 Å². The summed E-state index contributed by atoms with van der Waals surface area (Å²) >= 11 is 0. The first-order valence-electron chi connectivity index (χ1n) is 10.1. The third-order valence-electron chi connectivity index (χ3n) is 5.41. The van der Waals surface area contributed by atoms with Crippen molar-refractivity contribution in [1.82, 2.24) is 29.4 Å². The van der Waals surface area contributed by atoms with Crippen LogP contribution in [0.25, 0.3) is 16.8 Å². The molecule has 0 unspecified atom stereocenters. The summed E-state index contributed by atoms with van der Waals surface area (Å²) in [6.07, 6.45) is 10.6. The van der Waals surface area contributed by atoms with E-state index in [1.54, 1.807) is 6.20 Å². The van der Waals surface area contributed by atoms with E-state index in [1.807, 2.05) is 27.8 Å². The van der Waals surface area contributed by atoms with E-state index in [2.05, 4.69) is 54.1 Å². The first-order chi connectivity index (χ1) is 14.1. The van der Waals surface area contributed by atoms with Gasteiger partial charge in [0.1, 0.15) is 0 Å². The molecule has 0 aliphatic carbocycles. The summed E-state index contributed by atoms with van der Waals surface area (Å²) in [5.74, 6) is 1.58. The number of aryl methyl sites for hydroxylation is 1. The van der Waals surface area contributed by atoms with Crippen molar-refractivity contribution in [2.45, 2.75) is 40.3 Å². The van der Waals surface area contributed by atoms with Crippen LogP contribution in [0.2, 0.25) is 0 Å². The summed E-state index contributed by atoms with van der Waals surface area (Å²) in [5.41, 5.74) is 6.71. The quantitative estimate of drug-likeness (QED) is 0.536. The van der Waals surface area contributed by atoms with Crippen molar-refractivity contribution in [3.05, 3.63) is 59.9 Å². The third-order valence-corrected chi connectivity index (χ3v) is 5.41. The molecule has 0 spiro atoms. The molecule has 7 nitrogen and oxygen atoms in total. The Morgan fingerprint density at radius 2 is 2.00 bits per heavy atom. The normalized spacial score (nSPS) is 14.0. The standard InChI is InChI=1S/C22H25N7/c1-15(2)12-28-14-19(11-25-28)17-9-18-13-27(6-4-20(18)24-10-17)22-16(3)8-21-23-5-7-29(21)26-22/h5,7-11,14-15H,4,6,12-13H2,1-3H3. The molecule has 0 amide bonds. The van der Waals surface area contributed by atoms with E-state index in [4.69, 9.17) is 10.1 Å². The fraction of sp³-hybridized carbons (Fsp3) is 0.364. The Hall–Kier alpha value is -3.22. The van der Waals surface area contributed by atoms with Gasteiger partial charge in [0.25, 0.3) is 0 Å². The lowest BCUT2D eigenvalue weighted by Crippen LogP contribution is -2.32. The zero-order chi connectivity index (χ0) is 20.0. The number of nitrogens with zero attached hydrogens (tertiary/aromatic N) is 7. The molecule has 1 aliphatic rings. The lowest BCUT2D eigenvalue weighted by Gasteiger charge is -2.30. The average molecular weight is 387 g/mol. The maximum atomic E-state index is 4.79. The van der Waals surface area contributed by atoms with Crippen LogP contribution in [0.3, 0.4) is 0 Å². The number of pyridine rings is 1. The molecule has 4 aromatic rings. The van der Waals surface area contributed by atoms with Crippen LogP contribution in [0.1, 0.15) is 30.7 Å². The maximum absolute atomic E-state index is 4.79. The SMILES string of the molecule is Cc1cc2nccn2nc1N1CCc2ncc(-c3cnn(CC(C)C)c3)cc2C1.